The molecule has 1 aromatic rings. The number of hydrogen-bond acceptors (Lipinski definition) is 4. The highest BCUT2D eigenvalue weighted by Gasteiger charge is 2.68. The zero-order valence-corrected chi connectivity index (χ0v) is 15.9. The van der Waals surface area contributed by atoms with Gasteiger partial charge in [-0.1, -0.05) is 44.2 Å². The van der Waals surface area contributed by atoms with Crippen LogP contribution in [0.5, 0.6) is 0 Å². The van der Waals surface area contributed by atoms with Crippen molar-refractivity contribution in [3.63, 3.8) is 0 Å². The quantitative estimate of drug-likeness (QED) is 0.793. The summed E-state index contributed by atoms with van der Waals surface area (Å²) in [4.78, 5) is 11.7. The van der Waals surface area contributed by atoms with Gasteiger partial charge in [0.2, 0.25) is 5.91 Å². The Hall–Kier alpha value is -1.37. The Labute approximate surface area is 156 Å². The standard InChI is InChI=1S/C20H29BN2O3/c1-19(2)14-9-16(19)20(3)17(10-14)25-21(26-20)15(12-23-18(24)11-22)13-7-5-4-6-8-13/h4-8,14-17H,9-12,22H2,1-3H3,(H,23,24)/t14-,15?,16-,17?,20-/m0/s1. The van der Waals surface area contributed by atoms with Gasteiger partial charge in [-0.2, -0.15) is 0 Å². The highest BCUT2D eigenvalue weighted by Crippen LogP contribution is 2.66. The van der Waals surface area contributed by atoms with Gasteiger partial charge in [0.1, 0.15) is 0 Å². The van der Waals surface area contributed by atoms with E-state index in [9.17, 15) is 4.79 Å². The molecular weight excluding hydrogens is 327 g/mol. The van der Waals surface area contributed by atoms with Crippen molar-refractivity contribution in [3.8, 4) is 0 Å². The second-order valence-corrected chi connectivity index (χ2v) is 8.86. The average Bonchev–Trinajstić information content (AvgIpc) is 2.99. The predicted molar refractivity (Wildman–Crippen MR) is 101 cm³/mol. The van der Waals surface area contributed by atoms with Crippen LogP contribution < -0.4 is 11.1 Å². The average molecular weight is 356 g/mol. The molecule has 5 atom stereocenters. The molecule has 1 amide bonds. The summed E-state index contributed by atoms with van der Waals surface area (Å²) >= 11 is 0. The van der Waals surface area contributed by atoms with E-state index in [1.165, 1.54) is 6.42 Å². The van der Waals surface area contributed by atoms with Crippen LogP contribution in [0.1, 0.15) is 45.0 Å². The highest BCUT2D eigenvalue weighted by molar-refractivity contribution is 6.47. The Balaban J connectivity index is 1.56. The number of carbonyl (C=O) groups is 1. The third kappa shape index (κ3) is 2.70. The summed E-state index contributed by atoms with van der Waals surface area (Å²) in [7, 11) is -0.347. The van der Waals surface area contributed by atoms with E-state index in [0.717, 1.165) is 17.9 Å². The summed E-state index contributed by atoms with van der Waals surface area (Å²) in [6.45, 7) is 7.40. The zero-order chi connectivity index (χ0) is 18.5. The maximum atomic E-state index is 11.7. The normalized spacial score (nSPS) is 35.4. The van der Waals surface area contributed by atoms with Gasteiger partial charge in [0, 0.05) is 12.4 Å². The number of nitrogens with one attached hydrogen (secondary N) is 1. The number of nitrogens with two attached hydrogens (primary N) is 1. The second-order valence-electron chi connectivity index (χ2n) is 8.86. The highest BCUT2D eigenvalue weighted by atomic mass is 16.7. The molecule has 5 rings (SSSR count). The number of rotatable bonds is 5. The van der Waals surface area contributed by atoms with E-state index in [0.29, 0.717) is 17.9 Å². The topological polar surface area (TPSA) is 73.6 Å². The van der Waals surface area contributed by atoms with Crippen LogP contribution >= 0.6 is 0 Å². The van der Waals surface area contributed by atoms with Crippen molar-refractivity contribution in [2.24, 2.45) is 23.0 Å². The van der Waals surface area contributed by atoms with Gasteiger partial charge in [-0.25, -0.2) is 0 Å². The van der Waals surface area contributed by atoms with Crippen LogP contribution in [0, 0.1) is 17.3 Å². The first-order chi connectivity index (χ1) is 12.4. The van der Waals surface area contributed by atoms with Gasteiger partial charge < -0.3 is 20.4 Å². The second kappa shape index (κ2) is 6.36. The lowest BCUT2D eigenvalue weighted by molar-refractivity contribution is -0.199. The summed E-state index contributed by atoms with van der Waals surface area (Å²) in [5, 5.41) is 2.92. The third-order valence-corrected chi connectivity index (χ3v) is 7.23. The van der Waals surface area contributed by atoms with Crippen molar-refractivity contribution in [3.05, 3.63) is 35.9 Å². The predicted octanol–water partition coefficient (Wildman–Crippen LogP) is 2.11. The number of hydrogen-bond donors (Lipinski definition) is 2. The summed E-state index contributed by atoms with van der Waals surface area (Å²) in [6, 6.07) is 10.2. The maximum absolute atomic E-state index is 11.7. The molecule has 3 aliphatic carbocycles. The fourth-order valence-corrected chi connectivity index (χ4v) is 5.44. The molecular formula is C20H29BN2O3. The smallest absolute Gasteiger partial charge is 0.405 e. The molecule has 26 heavy (non-hydrogen) atoms. The maximum Gasteiger partial charge on any atom is 0.467 e. The van der Waals surface area contributed by atoms with Crippen LogP contribution in [0.25, 0.3) is 0 Å². The Morgan fingerprint density at radius 3 is 2.69 bits per heavy atom. The SMILES string of the molecule is CC1(C)[C@@H]2CC3OB(C(CNC(=O)CN)c4ccccc4)O[C@@]3(C)[C@H]1C2. The van der Waals surface area contributed by atoms with E-state index in [1.54, 1.807) is 0 Å². The Bertz CT molecular complexity index is 683. The number of benzene rings is 1. The van der Waals surface area contributed by atoms with Crippen molar-refractivity contribution < 1.29 is 14.1 Å². The number of amides is 1. The van der Waals surface area contributed by atoms with Crippen molar-refractivity contribution in [1.29, 1.82) is 0 Å². The minimum absolute atomic E-state index is 0.00776. The molecule has 0 spiro atoms. The van der Waals surface area contributed by atoms with E-state index in [4.69, 9.17) is 15.0 Å². The van der Waals surface area contributed by atoms with E-state index in [-0.39, 0.29) is 37.1 Å². The lowest BCUT2D eigenvalue weighted by Crippen LogP contribution is -2.65. The molecule has 1 saturated heterocycles. The zero-order valence-electron chi connectivity index (χ0n) is 15.9. The molecule has 3 N–H and O–H groups in total. The van der Waals surface area contributed by atoms with Crippen LogP contribution in [0.3, 0.4) is 0 Å². The largest absolute Gasteiger partial charge is 0.467 e. The third-order valence-electron chi connectivity index (χ3n) is 7.23. The Morgan fingerprint density at radius 1 is 1.31 bits per heavy atom. The molecule has 0 aromatic heterocycles. The minimum atomic E-state index is -0.347. The van der Waals surface area contributed by atoms with Crippen LogP contribution in [0.2, 0.25) is 0 Å². The van der Waals surface area contributed by atoms with E-state index >= 15 is 0 Å². The van der Waals surface area contributed by atoms with Crippen LogP contribution in [-0.4, -0.2) is 37.8 Å². The number of carbonyl (C=O) groups excluding carboxylic acids is 1. The Kier molecular flexibility index (Phi) is 4.41. The van der Waals surface area contributed by atoms with E-state index < -0.39 is 0 Å². The molecule has 6 heteroatoms. The molecule has 0 radical (unpaired) electrons. The first kappa shape index (κ1) is 18.0. The molecule has 2 unspecified atom stereocenters. The minimum Gasteiger partial charge on any atom is -0.405 e. The fraction of sp³-hybridized carbons (Fsp3) is 0.650. The summed E-state index contributed by atoms with van der Waals surface area (Å²) in [5.41, 5.74) is 6.64. The summed E-state index contributed by atoms with van der Waals surface area (Å²) in [6.07, 6.45) is 2.43. The lowest BCUT2D eigenvalue weighted by atomic mass is 9.43. The van der Waals surface area contributed by atoms with Crippen molar-refractivity contribution >= 4 is 13.0 Å². The molecule has 1 aliphatic heterocycles. The first-order valence-corrected chi connectivity index (χ1v) is 9.71. The van der Waals surface area contributed by atoms with E-state index in [2.05, 4.69) is 38.2 Å². The molecule has 1 aromatic carbocycles. The van der Waals surface area contributed by atoms with Gasteiger partial charge in [-0.15, -0.1) is 0 Å². The monoisotopic (exact) mass is 356 g/mol. The molecule has 5 nitrogen and oxygen atoms in total. The van der Waals surface area contributed by atoms with Gasteiger partial charge >= 0.3 is 7.12 Å². The molecule has 4 aliphatic rings. The van der Waals surface area contributed by atoms with Gasteiger partial charge in [0.15, 0.2) is 0 Å². The van der Waals surface area contributed by atoms with E-state index in [1.807, 2.05) is 18.2 Å². The molecule has 2 bridgehead atoms. The van der Waals surface area contributed by atoms with Crippen molar-refractivity contribution in [2.75, 3.05) is 13.1 Å². The molecule has 4 fully saturated rings. The van der Waals surface area contributed by atoms with Gasteiger partial charge in [-0.3, -0.25) is 4.79 Å². The van der Waals surface area contributed by atoms with Gasteiger partial charge in [-0.05, 0) is 42.6 Å². The van der Waals surface area contributed by atoms with Crippen LogP contribution in [0.4, 0.5) is 0 Å². The Morgan fingerprint density at radius 2 is 2.04 bits per heavy atom. The van der Waals surface area contributed by atoms with Gasteiger partial charge in [0.25, 0.3) is 0 Å². The summed E-state index contributed by atoms with van der Waals surface area (Å²) < 4.78 is 13.1. The van der Waals surface area contributed by atoms with Crippen LogP contribution in [-0.2, 0) is 14.1 Å². The van der Waals surface area contributed by atoms with Gasteiger partial charge in [0.05, 0.1) is 18.2 Å². The first-order valence-electron chi connectivity index (χ1n) is 9.71. The molecule has 140 valence electrons. The van der Waals surface area contributed by atoms with Crippen molar-refractivity contribution in [1.82, 2.24) is 5.32 Å². The summed E-state index contributed by atoms with van der Waals surface area (Å²) in [5.74, 6) is 1.05. The van der Waals surface area contributed by atoms with Crippen molar-refractivity contribution in [2.45, 2.75) is 51.1 Å². The fourth-order valence-electron chi connectivity index (χ4n) is 5.44. The molecule has 3 saturated carbocycles. The lowest BCUT2D eigenvalue weighted by Gasteiger charge is -2.64. The van der Waals surface area contributed by atoms with Crippen LogP contribution in [0.15, 0.2) is 30.3 Å². The molecule has 1 heterocycles.